The van der Waals surface area contributed by atoms with Crippen LogP contribution in [0.3, 0.4) is 0 Å². The quantitative estimate of drug-likeness (QED) is 0.556. The van der Waals surface area contributed by atoms with Crippen LogP contribution in [-0.4, -0.2) is 40.2 Å². The van der Waals surface area contributed by atoms with Crippen LogP contribution in [0.1, 0.15) is 11.7 Å². The smallest absolute Gasteiger partial charge is 0.160 e. The van der Waals surface area contributed by atoms with Crippen molar-refractivity contribution in [1.82, 2.24) is 0 Å². The van der Waals surface area contributed by atoms with Gasteiger partial charge < -0.3 is 25.2 Å². The first kappa shape index (κ1) is 11.8. The molecular formula is C10H14O5. The standard InChI is InChI=1S/C10H14O5/c1-15-9-4-6(2-3-7(9)12)10(14)8(13)5-11/h2-4,8,10-14H,5H2,1H3/t8-,10+/m0/s1. The van der Waals surface area contributed by atoms with Crippen LogP contribution >= 0.6 is 0 Å². The SMILES string of the molecule is COc1cc([C@@H](O)[C@@H](O)CO)ccc1O. The summed E-state index contributed by atoms with van der Waals surface area (Å²) in [7, 11) is 1.38. The topological polar surface area (TPSA) is 90.2 Å². The summed E-state index contributed by atoms with van der Waals surface area (Å²) >= 11 is 0. The maximum atomic E-state index is 9.55. The summed E-state index contributed by atoms with van der Waals surface area (Å²) in [6.45, 7) is -0.537. The van der Waals surface area contributed by atoms with E-state index < -0.39 is 18.8 Å². The molecule has 84 valence electrons. The number of aliphatic hydroxyl groups is 3. The summed E-state index contributed by atoms with van der Waals surface area (Å²) in [6, 6.07) is 4.20. The van der Waals surface area contributed by atoms with Crippen molar-refractivity contribution in [3.63, 3.8) is 0 Å². The highest BCUT2D eigenvalue weighted by atomic mass is 16.5. The van der Waals surface area contributed by atoms with E-state index in [1.54, 1.807) is 0 Å². The Balaban J connectivity index is 2.95. The van der Waals surface area contributed by atoms with E-state index in [0.29, 0.717) is 5.56 Å². The second kappa shape index (κ2) is 4.97. The van der Waals surface area contributed by atoms with E-state index in [9.17, 15) is 15.3 Å². The average Bonchev–Trinajstić information content (AvgIpc) is 2.27. The number of methoxy groups -OCH3 is 1. The molecule has 15 heavy (non-hydrogen) atoms. The van der Waals surface area contributed by atoms with Crippen LogP contribution in [0.2, 0.25) is 0 Å². The molecular weight excluding hydrogens is 200 g/mol. The molecule has 0 amide bonds. The van der Waals surface area contributed by atoms with Gasteiger partial charge in [-0.25, -0.2) is 0 Å². The fraction of sp³-hybridized carbons (Fsp3) is 0.400. The molecule has 0 saturated heterocycles. The first-order valence-electron chi connectivity index (χ1n) is 4.44. The van der Waals surface area contributed by atoms with Gasteiger partial charge >= 0.3 is 0 Å². The Hall–Kier alpha value is -1.30. The zero-order chi connectivity index (χ0) is 11.4. The molecule has 0 bridgehead atoms. The second-order valence-corrected chi connectivity index (χ2v) is 3.13. The highest BCUT2D eigenvalue weighted by molar-refractivity contribution is 5.42. The van der Waals surface area contributed by atoms with Gasteiger partial charge in [0, 0.05) is 0 Å². The highest BCUT2D eigenvalue weighted by Crippen LogP contribution is 2.29. The third kappa shape index (κ3) is 2.59. The minimum Gasteiger partial charge on any atom is -0.504 e. The van der Waals surface area contributed by atoms with Gasteiger partial charge in [0.25, 0.3) is 0 Å². The molecule has 0 aliphatic carbocycles. The normalized spacial score (nSPS) is 14.7. The number of rotatable bonds is 4. The third-order valence-corrected chi connectivity index (χ3v) is 2.10. The van der Waals surface area contributed by atoms with E-state index in [1.165, 1.54) is 25.3 Å². The Morgan fingerprint density at radius 3 is 2.53 bits per heavy atom. The molecule has 0 heterocycles. The van der Waals surface area contributed by atoms with Crippen molar-refractivity contribution in [2.45, 2.75) is 12.2 Å². The minimum absolute atomic E-state index is 0.0491. The summed E-state index contributed by atoms with van der Waals surface area (Å²) in [5.41, 5.74) is 0.367. The molecule has 5 heteroatoms. The molecule has 4 N–H and O–H groups in total. The van der Waals surface area contributed by atoms with E-state index in [4.69, 9.17) is 9.84 Å². The number of hydrogen-bond donors (Lipinski definition) is 4. The molecule has 0 aliphatic rings. The molecule has 5 nitrogen and oxygen atoms in total. The van der Waals surface area contributed by atoms with Gasteiger partial charge in [0.15, 0.2) is 11.5 Å². The number of aromatic hydroxyl groups is 1. The van der Waals surface area contributed by atoms with Crippen molar-refractivity contribution in [1.29, 1.82) is 0 Å². The zero-order valence-electron chi connectivity index (χ0n) is 8.29. The summed E-state index contributed by atoms with van der Waals surface area (Å²) in [4.78, 5) is 0. The molecule has 1 aromatic carbocycles. The van der Waals surface area contributed by atoms with Gasteiger partial charge in [-0.2, -0.15) is 0 Å². The van der Waals surface area contributed by atoms with Crippen LogP contribution in [0.25, 0.3) is 0 Å². The maximum Gasteiger partial charge on any atom is 0.160 e. The van der Waals surface area contributed by atoms with Crippen LogP contribution in [0.5, 0.6) is 11.5 Å². The van der Waals surface area contributed by atoms with Gasteiger partial charge in [-0.15, -0.1) is 0 Å². The van der Waals surface area contributed by atoms with Crippen molar-refractivity contribution in [3.05, 3.63) is 23.8 Å². The molecule has 0 unspecified atom stereocenters. The van der Waals surface area contributed by atoms with Crippen molar-refractivity contribution in [2.75, 3.05) is 13.7 Å². The van der Waals surface area contributed by atoms with Crippen molar-refractivity contribution < 1.29 is 25.2 Å². The Bertz CT molecular complexity index is 326. The molecule has 0 aliphatic heterocycles. The monoisotopic (exact) mass is 214 g/mol. The van der Waals surface area contributed by atoms with E-state index in [-0.39, 0.29) is 11.5 Å². The lowest BCUT2D eigenvalue weighted by atomic mass is 10.0. The van der Waals surface area contributed by atoms with Crippen LogP contribution < -0.4 is 4.74 Å². The number of ether oxygens (including phenoxy) is 1. The summed E-state index contributed by atoms with van der Waals surface area (Å²) < 4.78 is 4.84. The first-order valence-corrected chi connectivity index (χ1v) is 4.44. The lowest BCUT2D eigenvalue weighted by Gasteiger charge is -2.16. The first-order chi connectivity index (χ1) is 7.10. The molecule has 0 aromatic heterocycles. The number of phenolic OH excluding ortho intramolecular Hbond substituents is 1. The van der Waals surface area contributed by atoms with Gasteiger partial charge in [-0.1, -0.05) is 6.07 Å². The molecule has 0 radical (unpaired) electrons. The zero-order valence-corrected chi connectivity index (χ0v) is 8.29. The number of benzene rings is 1. The molecule has 2 atom stereocenters. The molecule has 0 spiro atoms. The third-order valence-electron chi connectivity index (χ3n) is 2.10. The average molecular weight is 214 g/mol. The number of aliphatic hydroxyl groups excluding tert-OH is 3. The van der Waals surface area contributed by atoms with Gasteiger partial charge in [0.05, 0.1) is 13.7 Å². The lowest BCUT2D eigenvalue weighted by Crippen LogP contribution is -2.21. The Morgan fingerprint density at radius 1 is 1.33 bits per heavy atom. The highest BCUT2D eigenvalue weighted by Gasteiger charge is 2.18. The Morgan fingerprint density at radius 2 is 2.00 bits per heavy atom. The second-order valence-electron chi connectivity index (χ2n) is 3.13. The van der Waals surface area contributed by atoms with Crippen LogP contribution in [0, 0.1) is 0 Å². The summed E-state index contributed by atoms with van der Waals surface area (Å²) in [6.07, 6.45) is -2.45. The Kier molecular flexibility index (Phi) is 3.90. The van der Waals surface area contributed by atoms with Gasteiger partial charge in [0.1, 0.15) is 12.2 Å². The predicted octanol–water partition coefficient (Wildman–Crippen LogP) is -0.213. The summed E-state index contributed by atoms with van der Waals surface area (Å²) in [5.74, 6) is 0.156. The summed E-state index contributed by atoms with van der Waals surface area (Å²) in [5, 5.41) is 36.7. The van der Waals surface area contributed by atoms with E-state index in [0.717, 1.165) is 0 Å². The van der Waals surface area contributed by atoms with Crippen molar-refractivity contribution in [2.24, 2.45) is 0 Å². The Labute approximate surface area is 87.2 Å². The fourth-order valence-corrected chi connectivity index (χ4v) is 1.20. The maximum absolute atomic E-state index is 9.55. The largest absolute Gasteiger partial charge is 0.504 e. The lowest BCUT2D eigenvalue weighted by molar-refractivity contribution is -0.0153. The minimum atomic E-state index is -1.25. The van der Waals surface area contributed by atoms with E-state index in [2.05, 4.69) is 0 Å². The fourth-order valence-electron chi connectivity index (χ4n) is 1.20. The van der Waals surface area contributed by atoms with Crippen LogP contribution in [-0.2, 0) is 0 Å². The van der Waals surface area contributed by atoms with Gasteiger partial charge in [-0.3, -0.25) is 0 Å². The molecule has 1 aromatic rings. The molecule has 0 saturated carbocycles. The molecule has 0 fully saturated rings. The van der Waals surface area contributed by atoms with Gasteiger partial charge in [-0.05, 0) is 17.7 Å². The van der Waals surface area contributed by atoms with Gasteiger partial charge in [0.2, 0.25) is 0 Å². The van der Waals surface area contributed by atoms with Crippen LogP contribution in [0.4, 0.5) is 0 Å². The van der Waals surface area contributed by atoms with Crippen molar-refractivity contribution in [3.8, 4) is 11.5 Å². The number of phenols is 1. The van der Waals surface area contributed by atoms with E-state index >= 15 is 0 Å². The van der Waals surface area contributed by atoms with Crippen molar-refractivity contribution >= 4 is 0 Å². The predicted molar refractivity (Wildman–Crippen MR) is 52.7 cm³/mol. The van der Waals surface area contributed by atoms with E-state index in [1.807, 2.05) is 0 Å². The number of hydrogen-bond acceptors (Lipinski definition) is 5. The molecule has 1 rings (SSSR count). The van der Waals surface area contributed by atoms with Crippen LogP contribution in [0.15, 0.2) is 18.2 Å².